The lowest BCUT2D eigenvalue weighted by Gasteiger charge is -2.47. The number of alkyl halides is 3. The number of morpholine rings is 1. The largest absolute Gasteiger partial charge is 0.471 e. The zero-order chi connectivity index (χ0) is 39.9. The molecule has 4 heterocycles. The summed E-state index contributed by atoms with van der Waals surface area (Å²) in [4.78, 5) is 41.7. The number of hydrogen-bond acceptors (Lipinski definition) is 9. The van der Waals surface area contributed by atoms with Gasteiger partial charge in [0.15, 0.2) is 0 Å². The number of rotatable bonds is 9. The number of halogens is 3. The van der Waals surface area contributed by atoms with Crippen molar-refractivity contribution >= 4 is 40.8 Å². The second-order valence-electron chi connectivity index (χ2n) is 12.4. The summed E-state index contributed by atoms with van der Waals surface area (Å²) in [7, 11) is 0. The van der Waals surface area contributed by atoms with Gasteiger partial charge >= 0.3 is 12.1 Å². The molecule has 3 aromatic rings. The summed E-state index contributed by atoms with van der Waals surface area (Å²) in [5.41, 5.74) is 3.49. The first-order valence-corrected chi connectivity index (χ1v) is 19.2. The highest BCUT2D eigenvalue weighted by Gasteiger charge is 2.48. The number of aryl methyl sites for hydroxylation is 1. The fourth-order valence-electron chi connectivity index (χ4n) is 6.64. The highest BCUT2D eigenvalue weighted by atomic mass is 19.4. The normalized spacial score (nSPS) is 17.0. The Morgan fingerprint density at radius 3 is 2.30 bits per heavy atom. The first-order valence-electron chi connectivity index (χ1n) is 19.2. The smallest absolute Gasteiger partial charge is 0.371 e. The Hall–Kier alpha value is -4.72. The number of pyridine rings is 1. The van der Waals surface area contributed by atoms with Gasteiger partial charge in [0, 0.05) is 55.4 Å². The zero-order valence-electron chi connectivity index (χ0n) is 32.8. The van der Waals surface area contributed by atoms with Crippen LogP contribution >= 0.6 is 0 Å². The molecule has 54 heavy (non-hydrogen) atoms. The molecule has 0 bridgehead atoms. The van der Waals surface area contributed by atoms with E-state index in [1.165, 1.54) is 11.8 Å². The third kappa shape index (κ3) is 10.9. The molecule has 3 N–H and O–H groups in total. The van der Waals surface area contributed by atoms with Gasteiger partial charge in [0.2, 0.25) is 5.95 Å². The maximum Gasteiger partial charge on any atom is 0.471 e. The maximum atomic E-state index is 13.0. The second-order valence-corrected chi connectivity index (χ2v) is 12.4. The Morgan fingerprint density at radius 1 is 0.981 bits per heavy atom. The van der Waals surface area contributed by atoms with Crippen molar-refractivity contribution in [2.45, 2.75) is 98.3 Å². The average Bonchev–Trinajstić information content (AvgIpc) is 3.62. The number of amides is 2. The molecule has 1 aromatic carbocycles. The molecule has 1 atom stereocenters. The van der Waals surface area contributed by atoms with Crippen molar-refractivity contribution in [1.29, 1.82) is 0 Å². The van der Waals surface area contributed by atoms with Gasteiger partial charge < -0.3 is 30.5 Å². The van der Waals surface area contributed by atoms with Crippen LogP contribution in [0.5, 0.6) is 0 Å². The first-order chi connectivity index (χ1) is 26.1. The van der Waals surface area contributed by atoms with E-state index in [0.717, 1.165) is 41.2 Å². The monoisotopic (exact) mass is 754 g/mol. The van der Waals surface area contributed by atoms with E-state index >= 15 is 0 Å². The van der Waals surface area contributed by atoms with Crippen LogP contribution in [0.15, 0.2) is 55.3 Å². The van der Waals surface area contributed by atoms with Gasteiger partial charge in [-0.05, 0) is 68.0 Å². The first kappa shape index (κ1) is 43.7. The Morgan fingerprint density at radius 2 is 1.67 bits per heavy atom. The molecule has 14 heteroatoms. The fraction of sp³-hybridized carbons (Fsp3) is 0.525. The summed E-state index contributed by atoms with van der Waals surface area (Å²) in [5, 5.41) is 9.22. The number of benzene rings is 1. The third-order valence-electron chi connectivity index (χ3n) is 9.28. The average molecular weight is 755 g/mol. The lowest BCUT2D eigenvalue weighted by atomic mass is 9.89. The fourth-order valence-corrected chi connectivity index (χ4v) is 6.64. The van der Waals surface area contributed by atoms with Gasteiger partial charge in [0.05, 0.1) is 18.8 Å². The molecular weight excluding hydrogens is 697 g/mol. The van der Waals surface area contributed by atoms with Gasteiger partial charge in [0.1, 0.15) is 17.2 Å². The van der Waals surface area contributed by atoms with Gasteiger partial charge in [-0.1, -0.05) is 60.6 Å². The van der Waals surface area contributed by atoms with Gasteiger partial charge in [-0.15, -0.1) is 6.58 Å². The molecule has 0 saturated carbocycles. The summed E-state index contributed by atoms with van der Waals surface area (Å²) < 4.78 is 45.0. The Bertz CT molecular complexity index is 1660. The van der Waals surface area contributed by atoms with Crippen LogP contribution in [-0.4, -0.2) is 82.8 Å². The topological polar surface area (TPSA) is 125 Å². The molecule has 11 nitrogen and oxygen atoms in total. The van der Waals surface area contributed by atoms with E-state index < -0.39 is 17.7 Å². The van der Waals surface area contributed by atoms with Crippen LogP contribution in [0.25, 0.3) is 0 Å². The van der Waals surface area contributed by atoms with Crippen LogP contribution in [-0.2, 0) is 16.0 Å². The van der Waals surface area contributed by atoms with Crippen molar-refractivity contribution in [3.8, 4) is 0 Å². The van der Waals surface area contributed by atoms with E-state index in [1.807, 2.05) is 71.9 Å². The van der Waals surface area contributed by atoms with Crippen molar-refractivity contribution < 1.29 is 27.5 Å². The quantitative estimate of drug-likeness (QED) is 0.184. The van der Waals surface area contributed by atoms with Crippen molar-refractivity contribution in [2.24, 2.45) is 0 Å². The standard InChI is InChI=1S/C34H39F3N8O3.3C2H6/c1-3-15-38-30(46)26-20-39-32(43-29(26)42-27-12-7-23-6-5-22(4-2)28(23)41-27)40-24-8-10-25(11-9-24)44-16-13-33(14-17-44)21-45(18-19-48-33)31(47)34(35,36)37;3*1-2/h3,7-12,20,22H,1,4-6,13-19,21H2,2H3,(H,38,46)(H2,39,40,41,42,43);3*1-2H3. The number of hydrogen-bond donors (Lipinski definition) is 3. The van der Waals surface area contributed by atoms with Crippen LogP contribution in [0, 0.1) is 0 Å². The number of carbonyl (C=O) groups is 2. The van der Waals surface area contributed by atoms with E-state index in [4.69, 9.17) is 9.72 Å². The SMILES string of the molecule is C=CCNC(=O)c1cnc(Nc2ccc(N3CCC4(CC3)CN(C(=O)C(F)(F)F)CCO4)cc2)nc1Nc1ccc2c(n1)C(CC)CC2.CC.CC.CC. The van der Waals surface area contributed by atoms with Gasteiger partial charge in [-0.25, -0.2) is 9.97 Å². The summed E-state index contributed by atoms with van der Waals surface area (Å²) in [6.07, 6.45) is 2.28. The molecule has 296 valence electrons. The lowest BCUT2D eigenvalue weighted by molar-refractivity contribution is -0.198. The summed E-state index contributed by atoms with van der Waals surface area (Å²) in [6, 6.07) is 11.6. The molecule has 2 aromatic heterocycles. The molecule has 6 rings (SSSR count). The van der Waals surface area contributed by atoms with Gasteiger partial charge in [0.25, 0.3) is 5.91 Å². The third-order valence-corrected chi connectivity index (χ3v) is 9.28. The molecule has 1 spiro atoms. The number of nitrogens with one attached hydrogen (secondary N) is 3. The number of piperidine rings is 1. The van der Waals surface area contributed by atoms with Crippen LogP contribution in [0.1, 0.15) is 102 Å². The van der Waals surface area contributed by atoms with Crippen LogP contribution in [0.2, 0.25) is 0 Å². The Balaban J connectivity index is 0.00000124. The maximum absolute atomic E-state index is 13.0. The molecule has 1 unspecified atom stereocenters. The molecular formula is C40H57F3N8O3. The van der Waals surface area contributed by atoms with Crippen LogP contribution in [0.3, 0.4) is 0 Å². The molecule has 2 saturated heterocycles. The number of carbonyl (C=O) groups excluding carboxylic acids is 2. The summed E-state index contributed by atoms with van der Waals surface area (Å²) >= 11 is 0. The zero-order valence-corrected chi connectivity index (χ0v) is 32.8. The van der Waals surface area contributed by atoms with Gasteiger partial charge in [-0.3, -0.25) is 9.59 Å². The highest BCUT2D eigenvalue weighted by Crippen LogP contribution is 2.36. The molecule has 0 radical (unpaired) electrons. The van der Waals surface area contributed by atoms with E-state index in [-0.39, 0.29) is 37.1 Å². The molecule has 3 aliphatic rings. The Labute approximate surface area is 318 Å². The van der Waals surface area contributed by atoms with Crippen molar-refractivity contribution in [1.82, 2.24) is 25.2 Å². The molecule has 2 aliphatic heterocycles. The number of nitrogens with zero attached hydrogens (tertiary/aromatic N) is 5. The lowest BCUT2D eigenvalue weighted by Crippen LogP contribution is -2.59. The predicted molar refractivity (Wildman–Crippen MR) is 210 cm³/mol. The minimum Gasteiger partial charge on any atom is -0.371 e. The Kier molecular flexibility index (Phi) is 16.7. The number of fused-ring (bicyclic) bond motifs is 1. The molecule has 2 amide bonds. The van der Waals surface area contributed by atoms with E-state index in [2.05, 4.69) is 50.4 Å². The predicted octanol–water partition coefficient (Wildman–Crippen LogP) is 8.55. The number of anilines is 5. The minimum absolute atomic E-state index is 0.0601. The van der Waals surface area contributed by atoms with E-state index in [9.17, 15) is 22.8 Å². The number of aromatic nitrogens is 3. The molecule has 2 fully saturated rings. The number of ether oxygens (including phenoxy) is 1. The van der Waals surface area contributed by atoms with Crippen LogP contribution < -0.4 is 20.9 Å². The highest BCUT2D eigenvalue weighted by molar-refractivity contribution is 5.99. The second kappa shape index (κ2) is 20.7. The van der Waals surface area contributed by atoms with E-state index in [0.29, 0.717) is 50.0 Å². The van der Waals surface area contributed by atoms with Crippen molar-refractivity contribution in [3.05, 3.63) is 72.1 Å². The summed E-state index contributed by atoms with van der Waals surface area (Å²) in [5.74, 6) is -0.547. The minimum atomic E-state index is -4.89. The molecule has 1 aliphatic carbocycles. The van der Waals surface area contributed by atoms with Crippen LogP contribution in [0.4, 0.5) is 42.1 Å². The van der Waals surface area contributed by atoms with Crippen molar-refractivity contribution in [2.75, 3.05) is 54.9 Å². The van der Waals surface area contributed by atoms with E-state index in [1.54, 1.807) is 6.08 Å². The van der Waals surface area contributed by atoms with Gasteiger partial charge in [-0.2, -0.15) is 18.2 Å². The summed E-state index contributed by atoms with van der Waals surface area (Å²) in [6.45, 7) is 19.2. The van der Waals surface area contributed by atoms with Crippen molar-refractivity contribution in [3.63, 3.8) is 0 Å².